The molecule has 3 heterocycles. The Bertz CT molecular complexity index is 504. The molecule has 0 spiro atoms. The van der Waals surface area contributed by atoms with Crippen molar-refractivity contribution in [3.05, 3.63) is 35.6 Å². The number of rotatable bonds is 3. The van der Waals surface area contributed by atoms with E-state index in [2.05, 4.69) is 49.1 Å². The molecule has 0 radical (unpaired) electrons. The Balaban J connectivity index is 1.98. The van der Waals surface area contributed by atoms with Crippen molar-refractivity contribution >= 4 is 27.9 Å². The second-order valence-corrected chi connectivity index (χ2v) is 5.21. The highest BCUT2D eigenvalue weighted by Gasteiger charge is 2.32. The number of carbonyl (C=O) groups is 1. The quantitative estimate of drug-likeness (QED) is 0.748. The summed E-state index contributed by atoms with van der Waals surface area (Å²) >= 11 is 3.43. The summed E-state index contributed by atoms with van der Waals surface area (Å²) in [5.74, 6) is 0.972. The first-order valence-corrected chi connectivity index (χ1v) is 7.22. The molecule has 94 valence electrons. The van der Waals surface area contributed by atoms with Gasteiger partial charge in [0.1, 0.15) is 5.70 Å². The van der Waals surface area contributed by atoms with Gasteiger partial charge < -0.3 is 9.80 Å². The van der Waals surface area contributed by atoms with E-state index in [-0.39, 0.29) is 5.78 Å². The molecule has 4 nitrogen and oxygen atoms in total. The monoisotopic (exact) mass is 307 g/mol. The Morgan fingerprint density at radius 3 is 3.17 bits per heavy atom. The average Bonchev–Trinajstić information content (AvgIpc) is 2.84. The Kier molecular flexibility index (Phi) is 3.07. The maximum atomic E-state index is 12.1. The van der Waals surface area contributed by atoms with Crippen molar-refractivity contribution in [1.29, 1.82) is 0 Å². The number of ketones is 1. The van der Waals surface area contributed by atoms with Crippen LogP contribution in [0.15, 0.2) is 40.6 Å². The predicted octanol–water partition coefficient (Wildman–Crippen LogP) is 2.01. The fourth-order valence-electron chi connectivity index (χ4n) is 2.41. The molecule has 0 unspecified atom stereocenters. The zero-order valence-electron chi connectivity index (χ0n) is 9.97. The molecule has 0 aliphatic carbocycles. The Hall–Kier alpha value is -1.36. The third-order valence-corrected chi connectivity index (χ3v) is 3.78. The molecule has 18 heavy (non-hydrogen) atoms. The third kappa shape index (κ3) is 1.82. The molecule has 0 bridgehead atoms. The number of fused-ring (bicyclic) bond motifs is 2. The largest absolute Gasteiger partial charge is 0.340 e. The van der Waals surface area contributed by atoms with Crippen LogP contribution in [0, 0.1) is 0 Å². The first-order chi connectivity index (χ1) is 8.81. The standard InChI is InChI=1S/C13H14BrN3O/c14-5-2-7-16-9-10-3-1-8-17(10)13-12(16)11(18)4-6-15-13/h1,3,6,9H,2,4-5,7-8H2. The smallest absolute Gasteiger partial charge is 0.188 e. The van der Waals surface area contributed by atoms with Crippen LogP contribution in [0.2, 0.25) is 0 Å². The van der Waals surface area contributed by atoms with Gasteiger partial charge in [0.2, 0.25) is 0 Å². The lowest BCUT2D eigenvalue weighted by Gasteiger charge is -2.35. The summed E-state index contributed by atoms with van der Waals surface area (Å²) in [6.45, 7) is 1.65. The van der Waals surface area contributed by atoms with Gasteiger partial charge in [-0.1, -0.05) is 22.0 Å². The minimum atomic E-state index is 0.164. The van der Waals surface area contributed by atoms with E-state index in [4.69, 9.17) is 0 Å². The van der Waals surface area contributed by atoms with E-state index in [1.54, 1.807) is 6.21 Å². The summed E-state index contributed by atoms with van der Waals surface area (Å²) in [7, 11) is 0. The summed E-state index contributed by atoms with van der Waals surface area (Å²) in [4.78, 5) is 20.7. The van der Waals surface area contributed by atoms with Gasteiger partial charge in [-0.3, -0.25) is 4.79 Å². The number of alkyl halides is 1. The van der Waals surface area contributed by atoms with Crippen LogP contribution in [0.1, 0.15) is 12.8 Å². The van der Waals surface area contributed by atoms with Crippen molar-refractivity contribution in [1.82, 2.24) is 9.80 Å². The highest BCUT2D eigenvalue weighted by atomic mass is 79.9. The van der Waals surface area contributed by atoms with E-state index >= 15 is 0 Å². The molecule has 0 amide bonds. The lowest BCUT2D eigenvalue weighted by Crippen LogP contribution is -2.36. The van der Waals surface area contributed by atoms with Crippen molar-refractivity contribution in [2.75, 3.05) is 18.4 Å². The van der Waals surface area contributed by atoms with Crippen LogP contribution in [0.4, 0.5) is 0 Å². The van der Waals surface area contributed by atoms with E-state index in [0.29, 0.717) is 6.42 Å². The molecule has 0 fully saturated rings. The number of hydrogen-bond acceptors (Lipinski definition) is 4. The van der Waals surface area contributed by atoms with E-state index in [0.717, 1.165) is 42.1 Å². The van der Waals surface area contributed by atoms with Gasteiger partial charge in [-0.2, -0.15) is 0 Å². The highest BCUT2D eigenvalue weighted by molar-refractivity contribution is 9.09. The topological polar surface area (TPSA) is 35.9 Å². The maximum Gasteiger partial charge on any atom is 0.188 e. The van der Waals surface area contributed by atoms with Crippen LogP contribution >= 0.6 is 15.9 Å². The van der Waals surface area contributed by atoms with Crippen LogP contribution in [-0.2, 0) is 4.79 Å². The Morgan fingerprint density at radius 2 is 2.33 bits per heavy atom. The van der Waals surface area contributed by atoms with Crippen molar-refractivity contribution in [3.63, 3.8) is 0 Å². The number of hydrogen-bond donors (Lipinski definition) is 0. The fourth-order valence-corrected chi connectivity index (χ4v) is 2.66. The van der Waals surface area contributed by atoms with Gasteiger partial charge in [0.05, 0.1) is 5.70 Å². The van der Waals surface area contributed by atoms with E-state index in [9.17, 15) is 4.79 Å². The van der Waals surface area contributed by atoms with Gasteiger partial charge in [0.25, 0.3) is 0 Å². The number of carbonyl (C=O) groups excluding carboxylic acids is 1. The minimum absolute atomic E-state index is 0.164. The molecule has 5 heteroatoms. The molecule has 3 aliphatic rings. The second kappa shape index (κ2) is 4.72. The van der Waals surface area contributed by atoms with E-state index in [1.807, 2.05) is 0 Å². The van der Waals surface area contributed by atoms with Gasteiger partial charge >= 0.3 is 0 Å². The number of halogens is 1. The van der Waals surface area contributed by atoms with Crippen molar-refractivity contribution < 1.29 is 4.79 Å². The summed E-state index contributed by atoms with van der Waals surface area (Å²) in [6.07, 6.45) is 9.36. The number of aliphatic imine (C=N–C) groups is 1. The molecule has 0 N–H and O–H groups in total. The molecule has 0 aromatic heterocycles. The zero-order valence-corrected chi connectivity index (χ0v) is 11.6. The van der Waals surface area contributed by atoms with Gasteiger partial charge in [0.15, 0.2) is 11.6 Å². The van der Waals surface area contributed by atoms with Gasteiger partial charge in [-0.05, 0) is 12.5 Å². The van der Waals surface area contributed by atoms with Crippen molar-refractivity contribution in [2.45, 2.75) is 12.8 Å². The maximum absolute atomic E-state index is 12.1. The highest BCUT2D eigenvalue weighted by Crippen LogP contribution is 2.32. The number of Topliss-reactive ketones (excluding diaryl/α,β-unsaturated/α-hetero) is 1. The first-order valence-electron chi connectivity index (χ1n) is 6.10. The Morgan fingerprint density at radius 1 is 1.44 bits per heavy atom. The van der Waals surface area contributed by atoms with Gasteiger partial charge in [-0.25, -0.2) is 4.99 Å². The molecular weight excluding hydrogens is 294 g/mol. The molecule has 0 aromatic rings. The molecule has 0 saturated carbocycles. The van der Waals surface area contributed by atoms with Crippen LogP contribution in [-0.4, -0.2) is 40.2 Å². The third-order valence-electron chi connectivity index (χ3n) is 3.22. The van der Waals surface area contributed by atoms with Crippen LogP contribution in [0.5, 0.6) is 0 Å². The number of allylic oxidation sites excluding steroid dienone is 2. The van der Waals surface area contributed by atoms with Crippen LogP contribution < -0.4 is 0 Å². The lowest BCUT2D eigenvalue weighted by atomic mass is 10.1. The average molecular weight is 308 g/mol. The summed E-state index contributed by atoms with van der Waals surface area (Å²) in [6, 6.07) is 0. The summed E-state index contributed by atoms with van der Waals surface area (Å²) in [5.41, 5.74) is 1.88. The molecule has 3 aliphatic heterocycles. The molecule has 0 aromatic carbocycles. The van der Waals surface area contributed by atoms with Gasteiger partial charge in [-0.15, -0.1) is 0 Å². The SMILES string of the molecule is O=C1CC=NC2=C1N(CCCBr)C=C1C=CCN12. The second-order valence-electron chi connectivity index (χ2n) is 4.41. The summed E-state index contributed by atoms with van der Waals surface area (Å²) in [5, 5.41) is 0.937. The zero-order chi connectivity index (χ0) is 12.5. The molecule has 0 atom stereocenters. The molecule has 0 saturated heterocycles. The Labute approximate surface area is 114 Å². The molecular formula is C13H14BrN3O. The predicted molar refractivity (Wildman–Crippen MR) is 74.2 cm³/mol. The van der Waals surface area contributed by atoms with Crippen LogP contribution in [0.3, 0.4) is 0 Å². The van der Waals surface area contributed by atoms with Crippen molar-refractivity contribution in [2.24, 2.45) is 4.99 Å². The fraction of sp³-hybridized carbons (Fsp3) is 0.385. The minimum Gasteiger partial charge on any atom is -0.340 e. The number of nitrogens with zero attached hydrogens (tertiary/aromatic N) is 3. The van der Waals surface area contributed by atoms with Crippen LogP contribution in [0.25, 0.3) is 0 Å². The normalized spacial score (nSPS) is 21.4. The van der Waals surface area contributed by atoms with Gasteiger partial charge in [0, 0.05) is 37.3 Å². The summed E-state index contributed by atoms with van der Waals surface area (Å²) < 4.78 is 0. The molecule has 3 rings (SSSR count). The van der Waals surface area contributed by atoms with E-state index in [1.165, 1.54) is 0 Å². The lowest BCUT2D eigenvalue weighted by molar-refractivity contribution is -0.116. The van der Waals surface area contributed by atoms with Crippen molar-refractivity contribution in [3.8, 4) is 0 Å². The van der Waals surface area contributed by atoms with E-state index < -0.39 is 0 Å². The first kappa shape index (κ1) is 11.7.